The minimum absolute atomic E-state index is 0.289. The van der Waals surface area contributed by atoms with Gasteiger partial charge in [0.15, 0.2) is 0 Å². The highest BCUT2D eigenvalue weighted by molar-refractivity contribution is 6.30. The lowest BCUT2D eigenvalue weighted by Gasteiger charge is -2.34. The standard InChI is InChI=1S/C15H23ClN2O/c1-12(17)13-4-3-7-18(11-13)8-9-19-15-6-2-5-14(16)10-15/h2,5-6,10,12-13H,3-4,7-9,11,17H2,1H3. The van der Waals surface area contributed by atoms with Crippen LogP contribution >= 0.6 is 11.6 Å². The van der Waals surface area contributed by atoms with Crippen LogP contribution in [0.4, 0.5) is 0 Å². The second-order valence-electron chi connectivity index (χ2n) is 5.37. The smallest absolute Gasteiger partial charge is 0.120 e. The van der Waals surface area contributed by atoms with Gasteiger partial charge in [0, 0.05) is 24.2 Å². The Morgan fingerprint density at radius 3 is 3.11 bits per heavy atom. The Kier molecular flexibility index (Phi) is 5.49. The van der Waals surface area contributed by atoms with Gasteiger partial charge in [0.05, 0.1) is 0 Å². The summed E-state index contributed by atoms with van der Waals surface area (Å²) in [5.41, 5.74) is 5.99. The molecule has 0 saturated carbocycles. The molecular formula is C15H23ClN2O. The molecule has 3 nitrogen and oxygen atoms in total. The van der Waals surface area contributed by atoms with Crippen LogP contribution < -0.4 is 10.5 Å². The van der Waals surface area contributed by atoms with E-state index in [0.29, 0.717) is 17.5 Å². The number of nitrogens with two attached hydrogens (primary N) is 1. The Morgan fingerprint density at radius 2 is 2.37 bits per heavy atom. The normalized spacial score (nSPS) is 22.2. The predicted octanol–water partition coefficient (Wildman–Crippen LogP) is 2.78. The van der Waals surface area contributed by atoms with E-state index in [0.717, 1.165) is 25.4 Å². The van der Waals surface area contributed by atoms with Crippen molar-refractivity contribution >= 4 is 11.6 Å². The van der Waals surface area contributed by atoms with Crippen LogP contribution in [-0.4, -0.2) is 37.2 Å². The Bertz CT molecular complexity index is 397. The number of hydrogen-bond acceptors (Lipinski definition) is 3. The SMILES string of the molecule is CC(N)C1CCCN(CCOc2cccc(Cl)c2)C1. The molecule has 0 bridgehead atoms. The predicted molar refractivity (Wildman–Crippen MR) is 79.8 cm³/mol. The summed E-state index contributed by atoms with van der Waals surface area (Å²) in [6.07, 6.45) is 2.49. The van der Waals surface area contributed by atoms with E-state index in [1.54, 1.807) is 0 Å². The van der Waals surface area contributed by atoms with Crippen molar-refractivity contribution in [3.05, 3.63) is 29.3 Å². The average Bonchev–Trinajstić information content (AvgIpc) is 2.39. The molecule has 1 aliphatic rings. The fourth-order valence-electron chi connectivity index (χ4n) is 2.57. The minimum Gasteiger partial charge on any atom is -0.492 e. The largest absolute Gasteiger partial charge is 0.492 e. The first-order valence-electron chi connectivity index (χ1n) is 7.01. The number of halogens is 1. The van der Waals surface area contributed by atoms with Gasteiger partial charge in [-0.2, -0.15) is 0 Å². The highest BCUT2D eigenvalue weighted by Crippen LogP contribution is 2.19. The highest BCUT2D eigenvalue weighted by atomic mass is 35.5. The zero-order valence-electron chi connectivity index (χ0n) is 11.5. The molecule has 2 N–H and O–H groups in total. The molecule has 1 saturated heterocycles. The van der Waals surface area contributed by atoms with Gasteiger partial charge >= 0.3 is 0 Å². The molecule has 2 rings (SSSR count). The first kappa shape index (κ1) is 14.6. The van der Waals surface area contributed by atoms with Gasteiger partial charge in [0.1, 0.15) is 12.4 Å². The van der Waals surface area contributed by atoms with Crippen molar-refractivity contribution in [3.63, 3.8) is 0 Å². The van der Waals surface area contributed by atoms with E-state index < -0.39 is 0 Å². The second kappa shape index (κ2) is 7.13. The summed E-state index contributed by atoms with van der Waals surface area (Å²) >= 11 is 5.92. The summed E-state index contributed by atoms with van der Waals surface area (Å²) in [6.45, 7) is 6.01. The van der Waals surface area contributed by atoms with Crippen molar-refractivity contribution in [2.75, 3.05) is 26.2 Å². The molecule has 0 aliphatic carbocycles. The zero-order chi connectivity index (χ0) is 13.7. The number of likely N-dealkylation sites (tertiary alicyclic amines) is 1. The maximum Gasteiger partial charge on any atom is 0.120 e. The fourth-order valence-corrected chi connectivity index (χ4v) is 2.75. The molecule has 1 aromatic carbocycles. The molecule has 2 unspecified atom stereocenters. The van der Waals surface area contributed by atoms with Crippen molar-refractivity contribution < 1.29 is 4.74 Å². The van der Waals surface area contributed by atoms with Crippen LogP contribution in [-0.2, 0) is 0 Å². The van der Waals surface area contributed by atoms with Crippen LogP contribution in [0.3, 0.4) is 0 Å². The van der Waals surface area contributed by atoms with Crippen LogP contribution in [0.2, 0.25) is 5.02 Å². The third-order valence-electron chi connectivity index (χ3n) is 3.76. The van der Waals surface area contributed by atoms with Crippen molar-refractivity contribution in [1.29, 1.82) is 0 Å². The molecule has 1 fully saturated rings. The molecule has 4 heteroatoms. The molecule has 19 heavy (non-hydrogen) atoms. The number of ether oxygens (including phenoxy) is 1. The number of nitrogens with zero attached hydrogens (tertiary/aromatic N) is 1. The molecule has 1 aromatic rings. The average molecular weight is 283 g/mol. The van der Waals surface area contributed by atoms with Gasteiger partial charge in [-0.05, 0) is 50.4 Å². The van der Waals surface area contributed by atoms with Crippen molar-refractivity contribution in [1.82, 2.24) is 4.90 Å². The van der Waals surface area contributed by atoms with E-state index in [4.69, 9.17) is 22.1 Å². The summed E-state index contributed by atoms with van der Waals surface area (Å²) in [6, 6.07) is 7.84. The molecule has 0 amide bonds. The van der Waals surface area contributed by atoms with Gasteiger partial charge in [-0.3, -0.25) is 4.90 Å². The van der Waals surface area contributed by atoms with Gasteiger partial charge in [-0.15, -0.1) is 0 Å². The summed E-state index contributed by atoms with van der Waals surface area (Å²) in [5.74, 6) is 1.47. The lowest BCUT2D eigenvalue weighted by atomic mass is 9.92. The van der Waals surface area contributed by atoms with Crippen molar-refractivity contribution in [2.24, 2.45) is 11.7 Å². The van der Waals surface area contributed by atoms with E-state index in [1.807, 2.05) is 24.3 Å². The Balaban J connectivity index is 1.73. The Labute approximate surface area is 120 Å². The molecule has 2 atom stereocenters. The maximum atomic E-state index is 5.99. The number of piperidine rings is 1. The topological polar surface area (TPSA) is 38.5 Å². The Morgan fingerprint density at radius 1 is 1.53 bits per heavy atom. The van der Waals surface area contributed by atoms with Gasteiger partial charge in [0.25, 0.3) is 0 Å². The molecule has 0 spiro atoms. The summed E-state index contributed by atoms with van der Waals surface area (Å²) in [4.78, 5) is 2.45. The van der Waals surface area contributed by atoms with Crippen molar-refractivity contribution in [2.45, 2.75) is 25.8 Å². The third-order valence-corrected chi connectivity index (χ3v) is 3.99. The van der Waals surface area contributed by atoms with Crippen molar-refractivity contribution in [3.8, 4) is 5.75 Å². The van der Waals surface area contributed by atoms with Gasteiger partial charge < -0.3 is 10.5 Å². The molecule has 1 aliphatic heterocycles. The lowest BCUT2D eigenvalue weighted by Crippen LogP contribution is -2.43. The van der Waals surface area contributed by atoms with Gasteiger partial charge in [0.2, 0.25) is 0 Å². The Hall–Kier alpha value is -0.770. The monoisotopic (exact) mass is 282 g/mol. The highest BCUT2D eigenvalue weighted by Gasteiger charge is 2.22. The molecular weight excluding hydrogens is 260 g/mol. The van der Waals surface area contributed by atoms with Crippen LogP contribution in [0.25, 0.3) is 0 Å². The first-order valence-corrected chi connectivity index (χ1v) is 7.39. The minimum atomic E-state index is 0.289. The number of rotatable bonds is 5. The summed E-state index contributed by atoms with van der Waals surface area (Å²) < 4.78 is 5.73. The maximum absolute atomic E-state index is 5.99. The zero-order valence-corrected chi connectivity index (χ0v) is 12.3. The van der Waals surface area contributed by atoms with Crippen LogP contribution in [0, 0.1) is 5.92 Å². The van der Waals surface area contributed by atoms with Crippen LogP contribution in [0.1, 0.15) is 19.8 Å². The summed E-state index contributed by atoms with van der Waals surface area (Å²) in [5, 5.41) is 0.715. The van der Waals surface area contributed by atoms with E-state index in [9.17, 15) is 0 Å². The fraction of sp³-hybridized carbons (Fsp3) is 0.600. The quantitative estimate of drug-likeness (QED) is 0.902. The van der Waals surface area contributed by atoms with E-state index in [2.05, 4.69) is 11.8 Å². The number of hydrogen-bond donors (Lipinski definition) is 1. The summed E-state index contributed by atoms with van der Waals surface area (Å²) in [7, 11) is 0. The van der Waals surface area contributed by atoms with Crippen LogP contribution in [0.15, 0.2) is 24.3 Å². The third kappa shape index (κ3) is 4.68. The van der Waals surface area contributed by atoms with Gasteiger partial charge in [-0.1, -0.05) is 17.7 Å². The van der Waals surface area contributed by atoms with E-state index in [1.165, 1.54) is 12.8 Å². The lowest BCUT2D eigenvalue weighted by molar-refractivity contribution is 0.137. The molecule has 1 heterocycles. The van der Waals surface area contributed by atoms with E-state index >= 15 is 0 Å². The molecule has 0 aromatic heterocycles. The number of benzene rings is 1. The van der Waals surface area contributed by atoms with E-state index in [-0.39, 0.29) is 6.04 Å². The molecule has 106 valence electrons. The first-order chi connectivity index (χ1) is 9.15. The van der Waals surface area contributed by atoms with Crippen LogP contribution in [0.5, 0.6) is 5.75 Å². The molecule has 0 radical (unpaired) electrons. The second-order valence-corrected chi connectivity index (χ2v) is 5.80. The van der Waals surface area contributed by atoms with Gasteiger partial charge in [-0.25, -0.2) is 0 Å².